The number of thiophene rings is 1. The van der Waals surface area contributed by atoms with Crippen molar-refractivity contribution in [2.45, 2.75) is 19.4 Å². The fraction of sp³-hybridized carbons (Fsp3) is 0.200. The summed E-state index contributed by atoms with van der Waals surface area (Å²) in [5.74, 6) is -0.0900. The van der Waals surface area contributed by atoms with Crippen molar-refractivity contribution in [2.24, 2.45) is 0 Å². The highest BCUT2D eigenvalue weighted by Crippen LogP contribution is 2.13. The normalized spacial score (nSPS) is 11.0. The van der Waals surface area contributed by atoms with Crippen molar-refractivity contribution in [2.75, 3.05) is 6.54 Å². The molecule has 7 nitrogen and oxygen atoms in total. The van der Waals surface area contributed by atoms with Gasteiger partial charge in [0.25, 0.3) is 5.56 Å². The molecule has 28 heavy (non-hydrogen) atoms. The highest BCUT2D eigenvalue weighted by Gasteiger charge is 2.08. The summed E-state index contributed by atoms with van der Waals surface area (Å²) in [6.07, 6.45) is 6.21. The Kier molecular flexibility index (Phi) is 5.29. The van der Waals surface area contributed by atoms with Gasteiger partial charge in [0.2, 0.25) is 5.91 Å². The first kappa shape index (κ1) is 18.1. The zero-order chi connectivity index (χ0) is 19.3. The van der Waals surface area contributed by atoms with Crippen molar-refractivity contribution in [3.63, 3.8) is 0 Å². The van der Waals surface area contributed by atoms with Gasteiger partial charge in [-0.1, -0.05) is 18.2 Å². The Morgan fingerprint density at radius 3 is 2.89 bits per heavy atom. The van der Waals surface area contributed by atoms with Gasteiger partial charge in [-0.3, -0.25) is 14.2 Å². The van der Waals surface area contributed by atoms with Crippen molar-refractivity contribution >= 4 is 27.5 Å². The molecule has 4 aromatic rings. The molecule has 0 spiro atoms. The van der Waals surface area contributed by atoms with Gasteiger partial charge in [0.1, 0.15) is 4.83 Å². The average molecular weight is 393 g/mol. The number of aryl methyl sites for hydroxylation is 1. The van der Waals surface area contributed by atoms with Crippen molar-refractivity contribution in [1.29, 1.82) is 0 Å². The molecule has 1 amide bonds. The van der Waals surface area contributed by atoms with Crippen LogP contribution in [-0.2, 0) is 17.8 Å². The van der Waals surface area contributed by atoms with Gasteiger partial charge in [-0.15, -0.1) is 11.3 Å². The van der Waals surface area contributed by atoms with Crippen LogP contribution < -0.4 is 10.9 Å². The summed E-state index contributed by atoms with van der Waals surface area (Å²) < 4.78 is 3.30. The monoisotopic (exact) mass is 393 g/mol. The van der Waals surface area contributed by atoms with Gasteiger partial charge in [-0.2, -0.15) is 5.10 Å². The number of hydrogen-bond acceptors (Lipinski definition) is 5. The fourth-order valence-corrected chi connectivity index (χ4v) is 3.64. The summed E-state index contributed by atoms with van der Waals surface area (Å²) in [6, 6.07) is 11.6. The number of carbonyl (C=O) groups is 1. The van der Waals surface area contributed by atoms with E-state index in [1.54, 1.807) is 12.3 Å². The van der Waals surface area contributed by atoms with Gasteiger partial charge in [-0.25, -0.2) is 9.67 Å². The van der Waals surface area contributed by atoms with Gasteiger partial charge in [0, 0.05) is 25.7 Å². The quantitative estimate of drug-likeness (QED) is 0.523. The van der Waals surface area contributed by atoms with Crippen LogP contribution in [0.2, 0.25) is 0 Å². The van der Waals surface area contributed by atoms with Crippen molar-refractivity contribution in [3.8, 4) is 5.69 Å². The van der Waals surface area contributed by atoms with Crippen molar-refractivity contribution < 1.29 is 4.79 Å². The molecule has 0 saturated carbocycles. The van der Waals surface area contributed by atoms with Crippen LogP contribution in [0.5, 0.6) is 0 Å². The Balaban J connectivity index is 1.26. The Bertz CT molecular complexity index is 1150. The van der Waals surface area contributed by atoms with Crippen LogP contribution in [0.15, 0.2) is 65.3 Å². The minimum Gasteiger partial charge on any atom is -0.356 e. The molecule has 0 unspecified atom stereocenters. The molecule has 0 atom stereocenters. The van der Waals surface area contributed by atoms with Crippen molar-refractivity contribution in [1.82, 2.24) is 24.6 Å². The van der Waals surface area contributed by atoms with Gasteiger partial charge < -0.3 is 5.32 Å². The first-order valence-electron chi connectivity index (χ1n) is 8.99. The number of nitrogens with zero attached hydrogens (tertiary/aromatic N) is 4. The minimum atomic E-state index is -0.104. The Morgan fingerprint density at radius 2 is 2.04 bits per heavy atom. The zero-order valence-electron chi connectivity index (χ0n) is 15.1. The number of carbonyl (C=O) groups excluding carboxylic acids is 1. The van der Waals surface area contributed by atoms with Crippen LogP contribution in [0.4, 0.5) is 0 Å². The van der Waals surface area contributed by atoms with E-state index in [1.807, 2.05) is 46.6 Å². The highest BCUT2D eigenvalue weighted by atomic mass is 32.1. The van der Waals surface area contributed by atoms with Crippen LogP contribution in [-0.4, -0.2) is 31.8 Å². The van der Waals surface area contributed by atoms with E-state index in [-0.39, 0.29) is 17.9 Å². The molecule has 0 fully saturated rings. The molecule has 1 N–H and O–H groups in total. The Hall–Kier alpha value is -3.26. The molecule has 1 aromatic carbocycles. The molecule has 8 heteroatoms. The lowest BCUT2D eigenvalue weighted by molar-refractivity contribution is -0.121. The van der Waals surface area contributed by atoms with E-state index in [9.17, 15) is 9.59 Å². The standard InChI is InChI=1S/C20H19N5O2S/c26-18(7-10-24-14-22-19-17(20(24)27)8-11-28-19)21-9-6-15-12-23-25(13-15)16-4-2-1-3-5-16/h1-5,8,11-14H,6-7,9-10H2,(H,21,26). The SMILES string of the molecule is O=C(CCn1cnc2sccc2c1=O)NCCc1cnn(-c2ccccc2)c1. The summed E-state index contributed by atoms with van der Waals surface area (Å²) in [6.45, 7) is 0.839. The number of hydrogen-bond donors (Lipinski definition) is 1. The number of fused-ring (bicyclic) bond motifs is 1. The summed E-state index contributed by atoms with van der Waals surface area (Å²) in [4.78, 5) is 29.4. The molecule has 4 rings (SSSR count). The zero-order valence-corrected chi connectivity index (χ0v) is 15.9. The number of rotatable bonds is 7. The maximum atomic E-state index is 12.3. The molecule has 0 bridgehead atoms. The second-order valence-corrected chi connectivity index (χ2v) is 7.26. The lowest BCUT2D eigenvalue weighted by Gasteiger charge is -2.06. The van der Waals surface area contributed by atoms with Crippen molar-refractivity contribution in [3.05, 3.63) is 76.4 Å². The number of benzene rings is 1. The van der Waals surface area contributed by atoms with Crippen LogP contribution >= 0.6 is 11.3 Å². The summed E-state index contributed by atoms with van der Waals surface area (Å²) in [5, 5.41) is 9.69. The maximum absolute atomic E-state index is 12.3. The first-order chi connectivity index (χ1) is 13.7. The third-order valence-electron chi connectivity index (χ3n) is 4.42. The predicted molar refractivity (Wildman–Crippen MR) is 109 cm³/mol. The third-order valence-corrected chi connectivity index (χ3v) is 5.24. The lowest BCUT2D eigenvalue weighted by atomic mass is 10.2. The second-order valence-electron chi connectivity index (χ2n) is 6.36. The van der Waals surface area contributed by atoms with Crippen LogP contribution in [0.25, 0.3) is 15.9 Å². The highest BCUT2D eigenvalue weighted by molar-refractivity contribution is 7.16. The Morgan fingerprint density at radius 1 is 1.18 bits per heavy atom. The molecule has 0 radical (unpaired) electrons. The summed E-state index contributed by atoms with van der Waals surface area (Å²) in [5.41, 5.74) is 1.94. The first-order valence-corrected chi connectivity index (χ1v) is 9.87. The maximum Gasteiger partial charge on any atom is 0.262 e. The smallest absolute Gasteiger partial charge is 0.262 e. The molecule has 0 aliphatic rings. The van der Waals surface area contributed by atoms with Gasteiger partial charge in [0.05, 0.1) is 23.6 Å². The van der Waals surface area contributed by atoms with Crippen LogP contribution in [0.1, 0.15) is 12.0 Å². The number of amides is 1. The molecule has 3 aromatic heterocycles. The van der Waals surface area contributed by atoms with E-state index in [0.29, 0.717) is 24.9 Å². The van der Waals surface area contributed by atoms with Gasteiger partial charge >= 0.3 is 0 Å². The van der Waals surface area contributed by atoms with E-state index in [4.69, 9.17) is 0 Å². The molecule has 3 heterocycles. The topological polar surface area (TPSA) is 81.8 Å². The fourth-order valence-electron chi connectivity index (χ4n) is 2.92. The molecule has 142 valence electrons. The van der Waals surface area contributed by atoms with Gasteiger partial charge in [0.15, 0.2) is 0 Å². The third kappa shape index (κ3) is 4.01. The number of aromatic nitrogens is 4. The van der Waals surface area contributed by atoms with E-state index in [1.165, 1.54) is 22.2 Å². The van der Waals surface area contributed by atoms with E-state index in [0.717, 1.165) is 16.1 Å². The number of nitrogens with one attached hydrogen (secondary N) is 1. The van der Waals surface area contributed by atoms with E-state index >= 15 is 0 Å². The largest absolute Gasteiger partial charge is 0.356 e. The summed E-state index contributed by atoms with van der Waals surface area (Å²) in [7, 11) is 0. The van der Waals surface area contributed by atoms with Gasteiger partial charge in [-0.05, 0) is 35.6 Å². The number of para-hydroxylation sites is 1. The molecule has 0 aliphatic heterocycles. The average Bonchev–Trinajstić information content (AvgIpc) is 3.38. The molecular formula is C20H19N5O2S. The second kappa shape index (κ2) is 8.18. The van der Waals surface area contributed by atoms with E-state index in [2.05, 4.69) is 15.4 Å². The lowest BCUT2D eigenvalue weighted by Crippen LogP contribution is -2.28. The summed E-state index contributed by atoms with van der Waals surface area (Å²) >= 11 is 1.43. The molecule has 0 saturated heterocycles. The molecular weight excluding hydrogens is 374 g/mol. The predicted octanol–water partition coefficient (Wildman–Crippen LogP) is 2.39. The van der Waals surface area contributed by atoms with E-state index < -0.39 is 0 Å². The van der Waals surface area contributed by atoms with Crippen LogP contribution in [0, 0.1) is 0 Å². The van der Waals surface area contributed by atoms with Crippen LogP contribution in [0.3, 0.4) is 0 Å². The Labute approximate surface area is 165 Å². The minimum absolute atomic E-state index is 0.0900. The molecule has 0 aliphatic carbocycles.